The zero-order chi connectivity index (χ0) is 9.80. The van der Waals surface area contributed by atoms with E-state index in [4.69, 9.17) is 10.00 Å². The Bertz CT molecular complexity index is 353. The quantitative estimate of drug-likeness (QED) is 0.743. The molecule has 0 radical (unpaired) electrons. The second-order valence-electron chi connectivity index (χ2n) is 3.23. The van der Waals surface area contributed by atoms with E-state index in [0.29, 0.717) is 11.4 Å². The molecule has 0 unspecified atom stereocenters. The van der Waals surface area contributed by atoms with Gasteiger partial charge < -0.3 is 10.1 Å². The molecule has 1 fully saturated rings. The van der Waals surface area contributed by atoms with Gasteiger partial charge in [-0.2, -0.15) is 5.26 Å². The maximum Gasteiger partial charge on any atom is 0.214 e. The lowest BCUT2D eigenvalue weighted by Crippen LogP contribution is -2.20. The lowest BCUT2D eigenvalue weighted by atomic mass is 10.3. The average Bonchev–Trinajstić information content (AvgIpc) is 2.71. The van der Waals surface area contributed by atoms with Gasteiger partial charge in [0.2, 0.25) is 5.88 Å². The van der Waals surface area contributed by atoms with E-state index in [-0.39, 0.29) is 6.10 Å². The Balaban J connectivity index is 2.05. The number of rotatable bonds is 2. The Kier molecular flexibility index (Phi) is 2.61. The Labute approximate surface area is 82.5 Å². The van der Waals surface area contributed by atoms with Crippen molar-refractivity contribution in [2.75, 3.05) is 13.1 Å². The van der Waals surface area contributed by atoms with E-state index in [1.54, 1.807) is 18.3 Å². The Morgan fingerprint density at radius 1 is 1.64 bits per heavy atom. The molecule has 4 nitrogen and oxygen atoms in total. The number of pyridine rings is 1. The van der Waals surface area contributed by atoms with E-state index < -0.39 is 0 Å². The van der Waals surface area contributed by atoms with Gasteiger partial charge >= 0.3 is 0 Å². The molecular formula is C10H11N3O. The molecule has 72 valence electrons. The van der Waals surface area contributed by atoms with Gasteiger partial charge in [-0.1, -0.05) is 0 Å². The molecule has 2 heterocycles. The summed E-state index contributed by atoms with van der Waals surface area (Å²) in [6.45, 7) is 1.85. The smallest absolute Gasteiger partial charge is 0.214 e. The molecule has 1 aliphatic rings. The minimum atomic E-state index is 0.191. The molecule has 0 aliphatic carbocycles. The van der Waals surface area contributed by atoms with Crippen LogP contribution in [0.3, 0.4) is 0 Å². The standard InChI is InChI=1S/C10H11N3O/c11-6-8-1-4-13-10(5-8)14-9-2-3-12-7-9/h1,4-5,9,12H,2-3,7H2/t9-/m0/s1. The summed E-state index contributed by atoms with van der Waals surface area (Å²) < 4.78 is 5.59. The molecule has 2 rings (SSSR count). The molecule has 14 heavy (non-hydrogen) atoms. The number of aromatic nitrogens is 1. The van der Waals surface area contributed by atoms with Crippen molar-refractivity contribution in [2.45, 2.75) is 12.5 Å². The predicted octanol–water partition coefficient (Wildman–Crippen LogP) is 0.694. The van der Waals surface area contributed by atoms with E-state index in [9.17, 15) is 0 Å². The molecule has 0 aromatic carbocycles. The van der Waals surface area contributed by atoms with Crippen LogP contribution in [0.2, 0.25) is 0 Å². The number of ether oxygens (including phenoxy) is 1. The number of nitrogens with one attached hydrogen (secondary N) is 1. The normalized spacial score (nSPS) is 20.4. The van der Waals surface area contributed by atoms with Crippen molar-refractivity contribution < 1.29 is 4.74 Å². The van der Waals surface area contributed by atoms with Gasteiger partial charge in [-0.05, 0) is 19.0 Å². The van der Waals surface area contributed by atoms with Crippen molar-refractivity contribution in [1.82, 2.24) is 10.3 Å². The Morgan fingerprint density at radius 3 is 3.29 bits per heavy atom. The first-order valence-electron chi connectivity index (χ1n) is 4.62. The molecule has 1 N–H and O–H groups in total. The SMILES string of the molecule is N#Cc1ccnc(O[C@H]2CCNC2)c1. The zero-order valence-electron chi connectivity index (χ0n) is 7.73. The Hall–Kier alpha value is -1.60. The number of nitriles is 1. The number of hydrogen-bond acceptors (Lipinski definition) is 4. The van der Waals surface area contributed by atoms with Crippen LogP contribution in [0.5, 0.6) is 5.88 Å². The fourth-order valence-corrected chi connectivity index (χ4v) is 1.44. The molecular weight excluding hydrogens is 178 g/mol. The fourth-order valence-electron chi connectivity index (χ4n) is 1.44. The van der Waals surface area contributed by atoms with Crippen LogP contribution in [0.25, 0.3) is 0 Å². The highest BCUT2D eigenvalue weighted by Gasteiger charge is 2.16. The molecule has 4 heteroatoms. The van der Waals surface area contributed by atoms with Gasteiger partial charge in [0.15, 0.2) is 0 Å². The first kappa shape index (κ1) is 8.97. The molecule has 1 saturated heterocycles. The van der Waals surface area contributed by atoms with E-state index in [0.717, 1.165) is 19.5 Å². The summed E-state index contributed by atoms with van der Waals surface area (Å²) in [5, 5.41) is 11.9. The monoisotopic (exact) mass is 189 g/mol. The summed E-state index contributed by atoms with van der Waals surface area (Å²) in [4.78, 5) is 4.05. The summed E-state index contributed by atoms with van der Waals surface area (Å²) in [5.74, 6) is 0.540. The highest BCUT2D eigenvalue weighted by atomic mass is 16.5. The molecule has 1 atom stereocenters. The maximum atomic E-state index is 8.68. The molecule has 1 aromatic heterocycles. The summed E-state index contributed by atoms with van der Waals surface area (Å²) >= 11 is 0. The molecule has 0 bridgehead atoms. The average molecular weight is 189 g/mol. The maximum absolute atomic E-state index is 8.68. The van der Waals surface area contributed by atoms with Gasteiger partial charge in [-0.3, -0.25) is 0 Å². The van der Waals surface area contributed by atoms with Crippen molar-refractivity contribution in [3.05, 3.63) is 23.9 Å². The first-order valence-corrected chi connectivity index (χ1v) is 4.62. The topological polar surface area (TPSA) is 57.9 Å². The molecule has 1 aromatic rings. The van der Waals surface area contributed by atoms with E-state index in [2.05, 4.69) is 16.4 Å². The van der Waals surface area contributed by atoms with Gasteiger partial charge in [0.25, 0.3) is 0 Å². The van der Waals surface area contributed by atoms with Crippen LogP contribution in [0, 0.1) is 11.3 Å². The summed E-state index contributed by atoms with van der Waals surface area (Å²) in [7, 11) is 0. The van der Waals surface area contributed by atoms with Gasteiger partial charge in [-0.15, -0.1) is 0 Å². The van der Waals surface area contributed by atoms with E-state index >= 15 is 0 Å². The minimum Gasteiger partial charge on any atom is -0.473 e. The van der Waals surface area contributed by atoms with Crippen molar-refractivity contribution in [3.63, 3.8) is 0 Å². The van der Waals surface area contributed by atoms with E-state index in [1.807, 2.05) is 0 Å². The number of nitrogens with zero attached hydrogens (tertiary/aromatic N) is 2. The third-order valence-electron chi connectivity index (χ3n) is 2.17. The first-order chi connectivity index (χ1) is 6.88. The minimum absolute atomic E-state index is 0.191. The van der Waals surface area contributed by atoms with Crippen LogP contribution in [-0.4, -0.2) is 24.2 Å². The summed E-state index contributed by atoms with van der Waals surface area (Å²) in [6.07, 6.45) is 2.78. The van der Waals surface area contributed by atoms with Crippen LogP contribution in [0.1, 0.15) is 12.0 Å². The summed E-state index contributed by atoms with van der Waals surface area (Å²) in [6, 6.07) is 5.39. The van der Waals surface area contributed by atoms with E-state index in [1.165, 1.54) is 0 Å². The highest BCUT2D eigenvalue weighted by molar-refractivity contribution is 5.31. The number of hydrogen-bond donors (Lipinski definition) is 1. The third-order valence-corrected chi connectivity index (χ3v) is 2.17. The molecule has 0 saturated carbocycles. The third kappa shape index (κ3) is 2.01. The lowest BCUT2D eigenvalue weighted by Gasteiger charge is -2.10. The summed E-state index contributed by atoms with van der Waals surface area (Å²) in [5.41, 5.74) is 0.584. The largest absolute Gasteiger partial charge is 0.473 e. The molecule has 0 amide bonds. The van der Waals surface area contributed by atoms with Crippen LogP contribution < -0.4 is 10.1 Å². The Morgan fingerprint density at radius 2 is 2.57 bits per heavy atom. The van der Waals surface area contributed by atoms with Crippen molar-refractivity contribution in [2.24, 2.45) is 0 Å². The van der Waals surface area contributed by atoms with Gasteiger partial charge in [0.05, 0.1) is 11.6 Å². The second kappa shape index (κ2) is 4.07. The zero-order valence-corrected chi connectivity index (χ0v) is 7.73. The van der Waals surface area contributed by atoms with Crippen molar-refractivity contribution in [1.29, 1.82) is 5.26 Å². The molecule has 1 aliphatic heterocycles. The van der Waals surface area contributed by atoms with Crippen LogP contribution in [0.15, 0.2) is 18.3 Å². The lowest BCUT2D eigenvalue weighted by molar-refractivity contribution is 0.214. The van der Waals surface area contributed by atoms with Gasteiger partial charge in [0, 0.05) is 18.8 Å². The van der Waals surface area contributed by atoms with Crippen LogP contribution in [-0.2, 0) is 0 Å². The predicted molar refractivity (Wildman–Crippen MR) is 50.9 cm³/mol. The van der Waals surface area contributed by atoms with Gasteiger partial charge in [-0.25, -0.2) is 4.98 Å². The molecule has 0 spiro atoms. The van der Waals surface area contributed by atoms with Crippen LogP contribution in [0.4, 0.5) is 0 Å². The highest BCUT2D eigenvalue weighted by Crippen LogP contribution is 2.12. The van der Waals surface area contributed by atoms with Crippen molar-refractivity contribution >= 4 is 0 Å². The van der Waals surface area contributed by atoms with Crippen molar-refractivity contribution in [3.8, 4) is 11.9 Å². The second-order valence-corrected chi connectivity index (χ2v) is 3.23. The van der Waals surface area contributed by atoms with Crippen LogP contribution >= 0.6 is 0 Å². The fraction of sp³-hybridized carbons (Fsp3) is 0.400. The van der Waals surface area contributed by atoms with Gasteiger partial charge in [0.1, 0.15) is 6.10 Å².